The van der Waals surface area contributed by atoms with Crippen LogP contribution in [0.4, 0.5) is 13.2 Å². The van der Waals surface area contributed by atoms with Gasteiger partial charge < -0.3 is 0 Å². The molecule has 3 N–H and O–H groups in total. The van der Waals surface area contributed by atoms with E-state index in [0.717, 1.165) is 17.7 Å². The van der Waals surface area contributed by atoms with Crippen LogP contribution in [0.15, 0.2) is 30.3 Å². The minimum absolute atomic E-state index is 0.0898. The number of halogens is 4. The van der Waals surface area contributed by atoms with Crippen LogP contribution in [0.2, 0.25) is 5.02 Å². The van der Waals surface area contributed by atoms with Crippen LogP contribution in [0, 0.1) is 24.4 Å². The van der Waals surface area contributed by atoms with E-state index >= 15 is 0 Å². The first-order valence-electron chi connectivity index (χ1n) is 5.80. The maximum atomic E-state index is 13.8. The van der Waals surface area contributed by atoms with E-state index in [0.29, 0.717) is 10.6 Å². The summed E-state index contributed by atoms with van der Waals surface area (Å²) in [5.41, 5.74) is 3.70. The van der Waals surface area contributed by atoms with Crippen molar-refractivity contribution >= 4 is 11.6 Å². The number of hydrogen-bond acceptors (Lipinski definition) is 2. The highest BCUT2D eigenvalue weighted by Gasteiger charge is 2.21. The van der Waals surface area contributed by atoms with E-state index in [1.807, 2.05) is 6.92 Å². The molecule has 2 aromatic carbocycles. The molecule has 0 saturated heterocycles. The minimum atomic E-state index is -1.53. The van der Waals surface area contributed by atoms with Gasteiger partial charge in [-0.15, -0.1) is 0 Å². The predicted molar refractivity (Wildman–Crippen MR) is 71.7 cm³/mol. The zero-order valence-electron chi connectivity index (χ0n) is 10.6. The van der Waals surface area contributed by atoms with E-state index in [1.54, 1.807) is 18.2 Å². The van der Waals surface area contributed by atoms with Gasteiger partial charge in [0, 0.05) is 10.6 Å². The van der Waals surface area contributed by atoms with Gasteiger partial charge in [-0.25, -0.2) is 18.6 Å². The molecule has 0 fully saturated rings. The van der Waals surface area contributed by atoms with Crippen molar-refractivity contribution in [2.24, 2.45) is 5.84 Å². The van der Waals surface area contributed by atoms with Crippen LogP contribution in [0.25, 0.3) is 0 Å². The Morgan fingerprint density at radius 1 is 1.10 bits per heavy atom. The van der Waals surface area contributed by atoms with Crippen molar-refractivity contribution < 1.29 is 13.2 Å². The van der Waals surface area contributed by atoms with Crippen LogP contribution in [-0.4, -0.2) is 0 Å². The van der Waals surface area contributed by atoms with Crippen LogP contribution < -0.4 is 11.3 Å². The molecule has 2 nitrogen and oxygen atoms in total. The quantitative estimate of drug-likeness (QED) is 0.516. The van der Waals surface area contributed by atoms with Gasteiger partial charge in [0.15, 0.2) is 17.5 Å². The largest absolute Gasteiger partial charge is 0.271 e. The molecule has 0 aliphatic rings. The number of hydrazine groups is 1. The highest BCUT2D eigenvalue weighted by atomic mass is 35.5. The minimum Gasteiger partial charge on any atom is -0.271 e. The van der Waals surface area contributed by atoms with Gasteiger partial charge in [0.1, 0.15) is 0 Å². The Bertz CT molecular complexity index is 626. The normalized spacial score (nSPS) is 12.5. The van der Waals surface area contributed by atoms with E-state index < -0.39 is 23.5 Å². The highest BCUT2D eigenvalue weighted by molar-refractivity contribution is 6.30. The fraction of sp³-hybridized carbons (Fsp3) is 0.143. The third-order valence-electron chi connectivity index (χ3n) is 2.94. The molecular formula is C14H12ClF3N2. The highest BCUT2D eigenvalue weighted by Crippen LogP contribution is 2.28. The van der Waals surface area contributed by atoms with Crippen molar-refractivity contribution in [3.8, 4) is 0 Å². The Kier molecular flexibility index (Phi) is 4.32. The van der Waals surface area contributed by atoms with Crippen LogP contribution in [0.3, 0.4) is 0 Å². The number of nitrogens with two attached hydrogens (primary N) is 1. The third kappa shape index (κ3) is 2.80. The molecule has 1 unspecified atom stereocenters. The summed E-state index contributed by atoms with van der Waals surface area (Å²) in [4.78, 5) is 0. The van der Waals surface area contributed by atoms with Gasteiger partial charge in [-0.05, 0) is 36.2 Å². The van der Waals surface area contributed by atoms with E-state index in [1.165, 1.54) is 0 Å². The van der Waals surface area contributed by atoms with Crippen LogP contribution >= 0.6 is 11.6 Å². The van der Waals surface area contributed by atoms with Crippen LogP contribution in [-0.2, 0) is 0 Å². The van der Waals surface area contributed by atoms with Gasteiger partial charge in [0.25, 0.3) is 0 Å². The van der Waals surface area contributed by atoms with E-state index in [9.17, 15) is 13.2 Å². The zero-order chi connectivity index (χ0) is 14.9. The molecule has 106 valence electrons. The van der Waals surface area contributed by atoms with Gasteiger partial charge >= 0.3 is 0 Å². The molecule has 2 aromatic rings. The first kappa shape index (κ1) is 14.8. The molecule has 0 heterocycles. The van der Waals surface area contributed by atoms with E-state index in [4.69, 9.17) is 17.4 Å². The van der Waals surface area contributed by atoms with E-state index in [-0.39, 0.29) is 5.56 Å². The molecule has 0 aliphatic carbocycles. The lowest BCUT2D eigenvalue weighted by Crippen LogP contribution is -2.30. The van der Waals surface area contributed by atoms with Gasteiger partial charge in [-0.2, -0.15) is 0 Å². The standard InChI is InChI=1S/C14H12ClF3N2/c1-7-4-8(6-9(15)5-7)14(20-19)10-2-3-11(16)13(18)12(10)17/h2-6,14,20H,19H2,1H3. The molecule has 0 amide bonds. The summed E-state index contributed by atoms with van der Waals surface area (Å²) < 4.78 is 40.1. The zero-order valence-corrected chi connectivity index (χ0v) is 11.3. The predicted octanol–water partition coefficient (Wildman–Crippen LogP) is 3.62. The monoisotopic (exact) mass is 300 g/mol. The second kappa shape index (κ2) is 5.83. The second-order valence-corrected chi connectivity index (χ2v) is 4.86. The third-order valence-corrected chi connectivity index (χ3v) is 3.16. The Labute approximate surface area is 119 Å². The molecule has 6 heteroatoms. The number of hydrogen-bond donors (Lipinski definition) is 2. The van der Waals surface area contributed by atoms with Crippen LogP contribution in [0.5, 0.6) is 0 Å². The van der Waals surface area contributed by atoms with Crippen LogP contribution in [0.1, 0.15) is 22.7 Å². The van der Waals surface area contributed by atoms with E-state index in [2.05, 4.69) is 5.43 Å². The van der Waals surface area contributed by atoms with Gasteiger partial charge in [0.2, 0.25) is 0 Å². The molecule has 0 aliphatic heterocycles. The first-order valence-corrected chi connectivity index (χ1v) is 6.18. The fourth-order valence-electron chi connectivity index (χ4n) is 2.06. The molecule has 0 aromatic heterocycles. The molecular weight excluding hydrogens is 289 g/mol. The van der Waals surface area contributed by atoms with Crippen molar-refractivity contribution in [1.82, 2.24) is 5.43 Å². The lowest BCUT2D eigenvalue weighted by Gasteiger charge is -2.19. The van der Waals surface area contributed by atoms with Crippen molar-refractivity contribution in [2.45, 2.75) is 13.0 Å². The van der Waals surface area contributed by atoms with Crippen molar-refractivity contribution in [1.29, 1.82) is 0 Å². The number of nitrogens with one attached hydrogen (secondary N) is 1. The summed E-state index contributed by atoms with van der Waals surface area (Å²) in [6, 6.07) is 6.21. The average Bonchev–Trinajstić information content (AvgIpc) is 2.38. The summed E-state index contributed by atoms with van der Waals surface area (Å²) in [6.45, 7) is 1.81. The summed E-state index contributed by atoms with van der Waals surface area (Å²) in [5, 5.41) is 0.447. The van der Waals surface area contributed by atoms with Gasteiger partial charge in [-0.3, -0.25) is 5.84 Å². The maximum Gasteiger partial charge on any atom is 0.194 e. The van der Waals surface area contributed by atoms with Crippen molar-refractivity contribution in [3.63, 3.8) is 0 Å². The topological polar surface area (TPSA) is 38.0 Å². The summed E-state index contributed by atoms with van der Waals surface area (Å²) in [7, 11) is 0. The van der Waals surface area contributed by atoms with Gasteiger partial charge in [0.05, 0.1) is 6.04 Å². The molecule has 0 radical (unpaired) electrons. The Morgan fingerprint density at radius 3 is 2.40 bits per heavy atom. The lowest BCUT2D eigenvalue weighted by molar-refractivity contribution is 0.433. The molecule has 1 atom stereocenters. The Morgan fingerprint density at radius 2 is 1.80 bits per heavy atom. The van der Waals surface area contributed by atoms with Crippen molar-refractivity contribution in [3.05, 3.63) is 69.5 Å². The SMILES string of the molecule is Cc1cc(Cl)cc(C(NN)c2ccc(F)c(F)c2F)c1. The van der Waals surface area contributed by atoms with Crippen molar-refractivity contribution in [2.75, 3.05) is 0 Å². The maximum absolute atomic E-state index is 13.8. The fourth-order valence-corrected chi connectivity index (χ4v) is 2.36. The molecule has 20 heavy (non-hydrogen) atoms. The first-order chi connectivity index (χ1) is 9.43. The second-order valence-electron chi connectivity index (χ2n) is 4.43. The summed E-state index contributed by atoms with van der Waals surface area (Å²) in [5.74, 6) is 1.37. The Hall–Kier alpha value is -1.56. The molecule has 0 spiro atoms. The lowest BCUT2D eigenvalue weighted by atomic mass is 9.97. The number of aryl methyl sites for hydroxylation is 1. The summed E-state index contributed by atoms with van der Waals surface area (Å²) >= 11 is 5.94. The smallest absolute Gasteiger partial charge is 0.194 e. The molecule has 2 rings (SSSR count). The summed E-state index contributed by atoms with van der Waals surface area (Å²) in [6.07, 6.45) is 0. The Balaban J connectivity index is 2.55. The molecule has 0 bridgehead atoms. The average molecular weight is 301 g/mol. The van der Waals surface area contributed by atoms with Gasteiger partial charge in [-0.1, -0.05) is 23.7 Å². The number of rotatable bonds is 3. The molecule has 0 saturated carbocycles. The number of benzene rings is 2.